The van der Waals surface area contributed by atoms with Gasteiger partial charge in [0.15, 0.2) is 0 Å². The van der Waals surface area contributed by atoms with Gasteiger partial charge in [0.1, 0.15) is 17.4 Å². The van der Waals surface area contributed by atoms with Crippen molar-refractivity contribution in [1.29, 1.82) is 0 Å². The van der Waals surface area contributed by atoms with Crippen LogP contribution in [0.4, 0.5) is 5.13 Å². The third-order valence-corrected chi connectivity index (χ3v) is 6.43. The lowest BCUT2D eigenvalue weighted by molar-refractivity contribution is -0.120. The summed E-state index contributed by atoms with van der Waals surface area (Å²) < 4.78 is 7.94. The van der Waals surface area contributed by atoms with Gasteiger partial charge in [-0.1, -0.05) is 65.9 Å². The number of anilines is 1. The topological polar surface area (TPSA) is 111 Å². The minimum absolute atomic E-state index is 0.00516. The highest BCUT2D eigenvalue weighted by Crippen LogP contribution is 2.20. The fourth-order valence-electron chi connectivity index (χ4n) is 3.83. The molecule has 0 atom stereocenters. The molecule has 0 aliphatic heterocycles. The number of benzene rings is 3. The van der Waals surface area contributed by atoms with Crippen molar-refractivity contribution in [3.05, 3.63) is 107 Å². The van der Waals surface area contributed by atoms with E-state index in [1.54, 1.807) is 30.5 Å². The maximum Gasteiger partial charge on any atom is 0.257 e. The molecule has 10 heteroatoms. The molecule has 5 aromatic rings. The summed E-state index contributed by atoms with van der Waals surface area (Å²) in [5, 5.41) is 16.6. The highest BCUT2D eigenvalue weighted by atomic mass is 32.1. The predicted molar refractivity (Wildman–Crippen MR) is 148 cm³/mol. The normalized spacial score (nSPS) is 11.1. The number of carbonyl (C=O) groups is 2. The molecule has 0 spiro atoms. The molecule has 0 aliphatic rings. The van der Waals surface area contributed by atoms with Crippen molar-refractivity contribution in [2.24, 2.45) is 5.10 Å². The van der Waals surface area contributed by atoms with Crippen LogP contribution in [0.25, 0.3) is 10.9 Å². The second kappa shape index (κ2) is 11.9. The number of amides is 2. The van der Waals surface area contributed by atoms with Crippen molar-refractivity contribution in [3.63, 3.8) is 0 Å². The highest BCUT2D eigenvalue weighted by Gasteiger charge is 2.12. The van der Waals surface area contributed by atoms with Gasteiger partial charge in [0.25, 0.3) is 5.91 Å². The van der Waals surface area contributed by atoms with Gasteiger partial charge in [-0.2, -0.15) is 5.10 Å². The molecule has 0 saturated heterocycles. The molecule has 0 aliphatic carbocycles. The van der Waals surface area contributed by atoms with Crippen molar-refractivity contribution in [2.45, 2.75) is 13.0 Å². The number of aromatic nitrogens is 3. The Morgan fingerprint density at radius 2 is 1.68 bits per heavy atom. The van der Waals surface area contributed by atoms with Gasteiger partial charge in [-0.15, -0.1) is 10.2 Å². The molecule has 0 radical (unpaired) electrons. The standard InChI is InChI=1S/C28H24N6O3S/c35-25(17-26-32-33-28(38-26)30-27(36)20-9-3-1-4-10-20)31-29-18-21-19-34(24-14-8-7-13-23(21)24)15-16-37-22-11-5-2-6-12-22/h1-14,18-19H,15-17H2,(H,31,35)(H,30,33,36)/b29-18+. The van der Waals surface area contributed by atoms with E-state index in [0.717, 1.165) is 33.6 Å². The van der Waals surface area contributed by atoms with Gasteiger partial charge in [0.05, 0.1) is 19.2 Å². The van der Waals surface area contributed by atoms with Crippen LogP contribution >= 0.6 is 11.3 Å². The summed E-state index contributed by atoms with van der Waals surface area (Å²) in [6.45, 7) is 1.18. The Balaban J connectivity index is 1.16. The molecule has 2 heterocycles. The fraction of sp³-hybridized carbons (Fsp3) is 0.107. The molecule has 2 amide bonds. The van der Waals surface area contributed by atoms with E-state index in [2.05, 4.69) is 30.6 Å². The van der Waals surface area contributed by atoms with E-state index in [0.29, 0.717) is 28.9 Å². The number of fused-ring (bicyclic) bond motifs is 1. The molecule has 190 valence electrons. The average Bonchev–Trinajstić information content (AvgIpc) is 3.54. The maximum atomic E-state index is 12.4. The zero-order valence-corrected chi connectivity index (χ0v) is 21.1. The number of carbonyl (C=O) groups excluding carboxylic acids is 2. The lowest BCUT2D eigenvalue weighted by Crippen LogP contribution is -2.19. The van der Waals surface area contributed by atoms with E-state index in [1.165, 1.54) is 0 Å². The SMILES string of the molecule is O=C(Cc1nnc(NC(=O)c2ccccc2)s1)N/N=C/c1cn(CCOc2ccccc2)c2ccccc12. The number of rotatable bonds is 10. The number of ether oxygens (including phenoxy) is 1. The largest absolute Gasteiger partial charge is 0.492 e. The Bertz CT molecular complexity index is 1560. The van der Waals surface area contributed by atoms with Gasteiger partial charge in [-0.3, -0.25) is 14.9 Å². The molecule has 0 unspecified atom stereocenters. The second-order valence-corrected chi connectivity index (χ2v) is 9.31. The van der Waals surface area contributed by atoms with E-state index < -0.39 is 0 Å². The lowest BCUT2D eigenvalue weighted by Gasteiger charge is -2.08. The van der Waals surface area contributed by atoms with Gasteiger partial charge >= 0.3 is 0 Å². The third-order valence-electron chi connectivity index (χ3n) is 5.59. The molecule has 2 aromatic heterocycles. The Morgan fingerprint density at radius 3 is 2.50 bits per heavy atom. The molecule has 9 nitrogen and oxygen atoms in total. The van der Waals surface area contributed by atoms with Gasteiger partial charge in [-0.25, -0.2) is 5.43 Å². The van der Waals surface area contributed by atoms with Crippen molar-refractivity contribution in [1.82, 2.24) is 20.2 Å². The van der Waals surface area contributed by atoms with Crippen molar-refractivity contribution >= 4 is 45.4 Å². The molecule has 3 aromatic carbocycles. The first kappa shape index (κ1) is 24.8. The highest BCUT2D eigenvalue weighted by molar-refractivity contribution is 7.15. The van der Waals surface area contributed by atoms with Crippen LogP contribution in [-0.4, -0.2) is 39.4 Å². The zero-order valence-electron chi connectivity index (χ0n) is 20.3. The summed E-state index contributed by atoms with van der Waals surface area (Å²) in [7, 11) is 0. The van der Waals surface area contributed by atoms with E-state index >= 15 is 0 Å². The Kier molecular flexibility index (Phi) is 7.80. The smallest absolute Gasteiger partial charge is 0.257 e. The van der Waals surface area contributed by atoms with Crippen LogP contribution in [0.1, 0.15) is 20.9 Å². The van der Waals surface area contributed by atoms with Crippen LogP contribution in [-0.2, 0) is 17.8 Å². The number of hydrazone groups is 1. The first-order valence-electron chi connectivity index (χ1n) is 11.9. The molecule has 0 saturated carbocycles. The number of para-hydroxylation sites is 2. The Labute approximate surface area is 222 Å². The summed E-state index contributed by atoms with van der Waals surface area (Å²) >= 11 is 1.14. The van der Waals surface area contributed by atoms with Gasteiger partial charge in [0.2, 0.25) is 11.0 Å². The minimum atomic E-state index is -0.335. The summed E-state index contributed by atoms with van der Waals surface area (Å²) in [6.07, 6.45) is 3.61. The molecule has 0 fully saturated rings. The fourth-order valence-corrected chi connectivity index (χ4v) is 4.56. The summed E-state index contributed by atoms with van der Waals surface area (Å²) in [6, 6.07) is 26.5. The van der Waals surface area contributed by atoms with Gasteiger partial charge in [-0.05, 0) is 30.3 Å². The summed E-state index contributed by atoms with van der Waals surface area (Å²) in [4.78, 5) is 24.7. The maximum absolute atomic E-state index is 12.4. The number of hydrogen-bond donors (Lipinski definition) is 2. The van der Waals surface area contributed by atoms with Crippen LogP contribution in [0.15, 0.2) is 96.2 Å². The van der Waals surface area contributed by atoms with Gasteiger partial charge < -0.3 is 9.30 Å². The number of nitrogens with zero attached hydrogens (tertiary/aromatic N) is 4. The van der Waals surface area contributed by atoms with Crippen molar-refractivity contribution in [3.8, 4) is 5.75 Å². The molecule has 2 N–H and O–H groups in total. The van der Waals surface area contributed by atoms with E-state index in [-0.39, 0.29) is 18.2 Å². The van der Waals surface area contributed by atoms with E-state index in [1.807, 2.05) is 66.9 Å². The monoisotopic (exact) mass is 524 g/mol. The van der Waals surface area contributed by atoms with Crippen LogP contribution in [0.3, 0.4) is 0 Å². The third kappa shape index (κ3) is 6.29. The van der Waals surface area contributed by atoms with Crippen molar-refractivity contribution < 1.29 is 14.3 Å². The van der Waals surface area contributed by atoms with Crippen LogP contribution in [0.2, 0.25) is 0 Å². The first-order chi connectivity index (χ1) is 18.7. The lowest BCUT2D eigenvalue weighted by atomic mass is 10.2. The van der Waals surface area contributed by atoms with E-state index in [4.69, 9.17) is 4.74 Å². The Hall–Kier alpha value is -4.83. The van der Waals surface area contributed by atoms with Crippen molar-refractivity contribution in [2.75, 3.05) is 11.9 Å². The molecular formula is C28H24N6O3S. The minimum Gasteiger partial charge on any atom is -0.492 e. The quantitative estimate of drug-likeness (QED) is 0.206. The summed E-state index contributed by atoms with van der Waals surface area (Å²) in [5.41, 5.74) is 4.99. The van der Waals surface area contributed by atoms with Crippen LogP contribution < -0.4 is 15.5 Å². The predicted octanol–water partition coefficient (Wildman–Crippen LogP) is 4.52. The molecule has 0 bridgehead atoms. The molecule has 5 rings (SSSR count). The van der Waals surface area contributed by atoms with Gasteiger partial charge in [0, 0.05) is 28.2 Å². The zero-order chi connectivity index (χ0) is 26.2. The molecule has 38 heavy (non-hydrogen) atoms. The average molecular weight is 525 g/mol. The number of hydrogen-bond acceptors (Lipinski definition) is 7. The second-order valence-electron chi connectivity index (χ2n) is 8.25. The number of nitrogens with one attached hydrogen (secondary N) is 2. The molecular weight excluding hydrogens is 500 g/mol. The van der Waals surface area contributed by atoms with Crippen LogP contribution in [0, 0.1) is 0 Å². The Morgan fingerprint density at radius 1 is 0.947 bits per heavy atom. The van der Waals surface area contributed by atoms with E-state index in [9.17, 15) is 9.59 Å². The van der Waals surface area contributed by atoms with Crippen LogP contribution in [0.5, 0.6) is 5.75 Å². The summed E-state index contributed by atoms with van der Waals surface area (Å²) in [5.74, 6) is 0.209. The first-order valence-corrected chi connectivity index (χ1v) is 12.7.